The van der Waals surface area contributed by atoms with Crippen molar-refractivity contribution in [2.24, 2.45) is 5.73 Å². The SMILES string of the molecule is CCC(N)(CC)C(=O)Nc1ccnc(Cl)n1. The zero-order chi connectivity index (χ0) is 12.2. The Kier molecular flexibility index (Phi) is 4.20. The maximum absolute atomic E-state index is 11.9. The molecule has 0 aliphatic carbocycles. The summed E-state index contributed by atoms with van der Waals surface area (Å²) in [4.78, 5) is 19.5. The van der Waals surface area contributed by atoms with Gasteiger partial charge in [0.05, 0.1) is 5.54 Å². The lowest BCUT2D eigenvalue weighted by molar-refractivity contribution is -0.121. The smallest absolute Gasteiger partial charge is 0.245 e. The lowest BCUT2D eigenvalue weighted by Gasteiger charge is -2.24. The molecule has 16 heavy (non-hydrogen) atoms. The van der Waals surface area contributed by atoms with Crippen molar-refractivity contribution >= 4 is 23.3 Å². The van der Waals surface area contributed by atoms with Crippen LogP contribution in [0.15, 0.2) is 12.3 Å². The second-order valence-electron chi connectivity index (χ2n) is 3.53. The quantitative estimate of drug-likeness (QED) is 0.786. The molecule has 0 radical (unpaired) electrons. The summed E-state index contributed by atoms with van der Waals surface area (Å²) in [6.45, 7) is 3.74. The molecule has 1 amide bonds. The van der Waals surface area contributed by atoms with Crippen LogP contribution < -0.4 is 11.1 Å². The molecule has 1 aromatic rings. The number of nitrogens with one attached hydrogen (secondary N) is 1. The normalized spacial score (nSPS) is 11.2. The molecule has 0 unspecified atom stereocenters. The largest absolute Gasteiger partial charge is 0.317 e. The third-order valence-corrected chi connectivity index (χ3v) is 2.76. The van der Waals surface area contributed by atoms with Gasteiger partial charge in [0, 0.05) is 6.20 Å². The summed E-state index contributed by atoms with van der Waals surface area (Å²) in [5.41, 5.74) is 5.07. The van der Waals surface area contributed by atoms with E-state index in [-0.39, 0.29) is 11.2 Å². The van der Waals surface area contributed by atoms with Gasteiger partial charge in [-0.15, -0.1) is 0 Å². The lowest BCUT2D eigenvalue weighted by atomic mass is 9.93. The van der Waals surface area contributed by atoms with Crippen molar-refractivity contribution in [2.75, 3.05) is 5.32 Å². The molecule has 1 aromatic heterocycles. The minimum absolute atomic E-state index is 0.0911. The molecular formula is C10H15ClN4O. The number of carbonyl (C=O) groups is 1. The molecule has 0 aliphatic heterocycles. The molecule has 0 spiro atoms. The Balaban J connectivity index is 2.78. The first-order chi connectivity index (χ1) is 7.51. The Bertz CT molecular complexity index is 379. The molecule has 0 bridgehead atoms. The van der Waals surface area contributed by atoms with E-state index in [1.165, 1.54) is 6.20 Å². The van der Waals surface area contributed by atoms with Gasteiger partial charge in [0.25, 0.3) is 0 Å². The van der Waals surface area contributed by atoms with Crippen LogP contribution in [-0.2, 0) is 4.79 Å². The van der Waals surface area contributed by atoms with Gasteiger partial charge >= 0.3 is 0 Å². The molecule has 0 atom stereocenters. The number of rotatable bonds is 4. The van der Waals surface area contributed by atoms with Crippen LogP contribution in [0.25, 0.3) is 0 Å². The van der Waals surface area contributed by atoms with E-state index in [2.05, 4.69) is 15.3 Å². The highest BCUT2D eigenvalue weighted by atomic mass is 35.5. The number of nitrogens with zero attached hydrogens (tertiary/aromatic N) is 2. The van der Waals surface area contributed by atoms with Gasteiger partial charge in [0.2, 0.25) is 11.2 Å². The van der Waals surface area contributed by atoms with Crippen LogP contribution in [0.2, 0.25) is 5.28 Å². The first kappa shape index (κ1) is 12.9. The van der Waals surface area contributed by atoms with E-state index in [0.717, 1.165) is 0 Å². The van der Waals surface area contributed by atoms with Crippen LogP contribution in [-0.4, -0.2) is 21.4 Å². The second-order valence-corrected chi connectivity index (χ2v) is 3.87. The second kappa shape index (κ2) is 5.23. The number of amides is 1. The van der Waals surface area contributed by atoms with Crippen LogP contribution in [0.4, 0.5) is 5.82 Å². The fourth-order valence-electron chi connectivity index (χ4n) is 1.22. The molecule has 0 aliphatic rings. The van der Waals surface area contributed by atoms with Crippen molar-refractivity contribution in [3.63, 3.8) is 0 Å². The maximum Gasteiger partial charge on any atom is 0.245 e. The summed E-state index contributed by atoms with van der Waals surface area (Å²) >= 11 is 5.61. The van der Waals surface area contributed by atoms with Crippen molar-refractivity contribution < 1.29 is 4.79 Å². The Morgan fingerprint density at radius 3 is 2.69 bits per heavy atom. The molecular weight excluding hydrogens is 228 g/mol. The topological polar surface area (TPSA) is 80.9 Å². The molecule has 5 nitrogen and oxygen atoms in total. The Hall–Kier alpha value is -1.20. The van der Waals surface area contributed by atoms with Gasteiger partial charge in [-0.05, 0) is 30.5 Å². The van der Waals surface area contributed by atoms with Gasteiger partial charge in [0.15, 0.2) is 0 Å². The average molecular weight is 243 g/mol. The summed E-state index contributed by atoms with van der Waals surface area (Å²) in [6, 6.07) is 1.56. The van der Waals surface area contributed by atoms with Gasteiger partial charge in [-0.25, -0.2) is 9.97 Å². The predicted octanol–water partition coefficient (Wildman–Crippen LogP) is 1.59. The molecule has 88 valence electrons. The van der Waals surface area contributed by atoms with Gasteiger partial charge in [-0.3, -0.25) is 4.79 Å². The van der Waals surface area contributed by atoms with E-state index in [1.807, 2.05) is 13.8 Å². The molecule has 3 N–H and O–H groups in total. The monoisotopic (exact) mass is 242 g/mol. The van der Waals surface area contributed by atoms with Crippen LogP contribution >= 0.6 is 11.6 Å². The van der Waals surface area contributed by atoms with E-state index in [9.17, 15) is 4.79 Å². The highest BCUT2D eigenvalue weighted by Gasteiger charge is 2.30. The fraction of sp³-hybridized carbons (Fsp3) is 0.500. The fourth-order valence-corrected chi connectivity index (χ4v) is 1.36. The number of hydrogen-bond donors (Lipinski definition) is 2. The van der Waals surface area contributed by atoms with Gasteiger partial charge in [-0.2, -0.15) is 0 Å². The Labute approximate surface area is 99.4 Å². The first-order valence-corrected chi connectivity index (χ1v) is 5.48. The molecule has 1 heterocycles. The Morgan fingerprint density at radius 1 is 1.56 bits per heavy atom. The van der Waals surface area contributed by atoms with Crippen LogP contribution in [0.3, 0.4) is 0 Å². The number of hydrogen-bond acceptors (Lipinski definition) is 4. The number of aromatic nitrogens is 2. The predicted molar refractivity (Wildman–Crippen MR) is 63.2 cm³/mol. The number of halogens is 1. The van der Waals surface area contributed by atoms with E-state index in [1.54, 1.807) is 6.07 Å². The minimum atomic E-state index is -0.864. The number of nitrogens with two attached hydrogens (primary N) is 1. The maximum atomic E-state index is 11.9. The number of carbonyl (C=O) groups excluding carboxylic acids is 1. The molecule has 0 saturated heterocycles. The zero-order valence-electron chi connectivity index (χ0n) is 9.33. The first-order valence-electron chi connectivity index (χ1n) is 5.10. The highest BCUT2D eigenvalue weighted by Crippen LogP contribution is 2.14. The van der Waals surface area contributed by atoms with E-state index in [4.69, 9.17) is 17.3 Å². The van der Waals surface area contributed by atoms with E-state index >= 15 is 0 Å². The average Bonchev–Trinajstić information content (AvgIpc) is 2.28. The van der Waals surface area contributed by atoms with Crippen molar-refractivity contribution in [1.29, 1.82) is 0 Å². The van der Waals surface area contributed by atoms with Crippen LogP contribution in [0.1, 0.15) is 26.7 Å². The van der Waals surface area contributed by atoms with Crippen LogP contribution in [0, 0.1) is 0 Å². The summed E-state index contributed by atoms with van der Waals surface area (Å²) in [5.74, 6) is 0.106. The van der Waals surface area contributed by atoms with Crippen molar-refractivity contribution in [2.45, 2.75) is 32.2 Å². The summed E-state index contributed by atoms with van der Waals surface area (Å²) in [7, 11) is 0. The minimum Gasteiger partial charge on any atom is -0.317 e. The zero-order valence-corrected chi connectivity index (χ0v) is 10.1. The third-order valence-electron chi connectivity index (χ3n) is 2.58. The summed E-state index contributed by atoms with van der Waals surface area (Å²) in [5, 5.41) is 2.72. The van der Waals surface area contributed by atoms with Crippen molar-refractivity contribution in [1.82, 2.24) is 9.97 Å². The van der Waals surface area contributed by atoms with Crippen molar-refractivity contribution in [3.05, 3.63) is 17.5 Å². The standard InChI is InChI=1S/C10H15ClN4O/c1-3-10(12,4-2)8(16)14-7-5-6-13-9(11)15-7/h5-6H,3-4,12H2,1-2H3,(H,13,14,15,16). The van der Waals surface area contributed by atoms with Gasteiger partial charge in [-0.1, -0.05) is 13.8 Å². The Morgan fingerprint density at radius 2 is 2.19 bits per heavy atom. The van der Waals surface area contributed by atoms with Gasteiger partial charge < -0.3 is 11.1 Å². The van der Waals surface area contributed by atoms with Gasteiger partial charge in [0.1, 0.15) is 5.82 Å². The third kappa shape index (κ3) is 2.90. The molecule has 0 aromatic carbocycles. The molecule has 1 rings (SSSR count). The summed E-state index contributed by atoms with van der Waals surface area (Å²) in [6.07, 6.45) is 2.60. The highest BCUT2D eigenvalue weighted by molar-refractivity contribution is 6.28. The van der Waals surface area contributed by atoms with Crippen molar-refractivity contribution in [3.8, 4) is 0 Å². The van der Waals surface area contributed by atoms with Crippen LogP contribution in [0.5, 0.6) is 0 Å². The lowest BCUT2D eigenvalue weighted by Crippen LogP contribution is -2.50. The molecule has 0 saturated carbocycles. The summed E-state index contributed by atoms with van der Waals surface area (Å²) < 4.78 is 0. The van der Waals surface area contributed by atoms with E-state index in [0.29, 0.717) is 18.7 Å². The molecule has 6 heteroatoms. The number of anilines is 1. The molecule has 0 fully saturated rings. The van der Waals surface area contributed by atoms with E-state index < -0.39 is 5.54 Å².